The van der Waals surface area contributed by atoms with Gasteiger partial charge in [0.2, 0.25) is 5.96 Å². The van der Waals surface area contributed by atoms with Gasteiger partial charge in [0.25, 0.3) is 5.91 Å². The number of carbonyl (C=O) groups is 1. The van der Waals surface area contributed by atoms with E-state index in [9.17, 15) is 28.5 Å². The molecule has 0 aromatic heterocycles. The van der Waals surface area contributed by atoms with Crippen LogP contribution >= 0.6 is 23.5 Å². The number of aliphatic imine (C=N–C) groups is 3. The number of fused-ring (bicyclic) bond motifs is 1. The number of aliphatic hydroxyl groups is 1. The van der Waals surface area contributed by atoms with Gasteiger partial charge in [-0.25, -0.2) is 13.7 Å². The van der Waals surface area contributed by atoms with Gasteiger partial charge in [-0.05, 0) is 0 Å². The van der Waals surface area contributed by atoms with Gasteiger partial charge in [0, 0.05) is 18.9 Å². The molecular weight excluding hydrogens is 503 g/mol. The Morgan fingerprint density at radius 3 is 2.47 bits per heavy atom. The number of rotatable bonds is 9. The molecule has 0 aliphatic carbocycles. The molecule has 3 aliphatic rings. The summed E-state index contributed by atoms with van der Waals surface area (Å²) in [6.07, 6.45) is -0.496. The molecule has 3 rings (SSSR count). The summed E-state index contributed by atoms with van der Waals surface area (Å²) in [6, 6.07) is -1.01. The molecule has 6 atom stereocenters. The lowest BCUT2D eigenvalue weighted by Gasteiger charge is -2.25. The third kappa shape index (κ3) is 6.14. The highest BCUT2D eigenvalue weighted by atomic mass is 31.3. The summed E-state index contributed by atoms with van der Waals surface area (Å²) in [5, 5.41) is 9.59. The molecular formula is C11H18N5O13P3. The molecule has 18 nitrogen and oxygen atoms in total. The number of phosphoric ester groups is 1. The van der Waals surface area contributed by atoms with E-state index in [4.69, 9.17) is 25.2 Å². The monoisotopic (exact) mass is 521 g/mol. The molecule has 0 aromatic carbocycles. The molecule has 0 radical (unpaired) electrons. The Kier molecular flexibility index (Phi) is 7.18. The summed E-state index contributed by atoms with van der Waals surface area (Å²) < 4.78 is 51.4. The number of amidine groups is 1. The summed E-state index contributed by atoms with van der Waals surface area (Å²) in [5.41, 5.74) is 5.49. The van der Waals surface area contributed by atoms with Crippen molar-refractivity contribution in [3.63, 3.8) is 0 Å². The normalized spacial score (nSPS) is 31.7. The van der Waals surface area contributed by atoms with Crippen molar-refractivity contribution < 1.29 is 61.1 Å². The number of aliphatic hydroxyl groups excluding tert-OH is 1. The molecule has 1 amide bonds. The second kappa shape index (κ2) is 9.10. The standard InChI is InChI=1S/C11H18N5O13P3/c12-11-14-9-8(10(18)15-11)13-4-16(9)7-1-5(2-17)6(27-7)3-26-31(22,23)29-32(24,25)28-30(19,20)21/h4-8,17H,1-3H2,(H,22,23)(H,24,25)(H2,12,15,18)(H2,19,20,21)/t5-,6-,7-,8?/m1/s1. The van der Waals surface area contributed by atoms with Crippen molar-refractivity contribution in [1.29, 1.82) is 0 Å². The minimum absolute atomic E-state index is 0.129. The first kappa shape index (κ1) is 25.2. The fourth-order valence-corrected chi connectivity index (χ4v) is 6.06. The Morgan fingerprint density at radius 1 is 1.16 bits per heavy atom. The van der Waals surface area contributed by atoms with Gasteiger partial charge in [0.05, 0.1) is 19.0 Å². The van der Waals surface area contributed by atoms with Crippen molar-refractivity contribution >= 4 is 47.5 Å². The molecule has 1 saturated heterocycles. The van der Waals surface area contributed by atoms with E-state index >= 15 is 0 Å². The number of nitrogens with two attached hydrogens (primary N) is 1. The highest BCUT2D eigenvalue weighted by Crippen LogP contribution is 2.66. The lowest BCUT2D eigenvalue weighted by atomic mass is 10.0. The average molecular weight is 521 g/mol. The van der Waals surface area contributed by atoms with Crippen LogP contribution in [0.4, 0.5) is 0 Å². The smallest absolute Gasteiger partial charge is 0.396 e. The molecule has 7 N–H and O–H groups in total. The molecule has 21 heteroatoms. The van der Waals surface area contributed by atoms with Gasteiger partial charge in [-0.1, -0.05) is 0 Å². The zero-order valence-electron chi connectivity index (χ0n) is 15.7. The maximum atomic E-state index is 11.9. The number of ether oxygens (including phenoxy) is 1. The molecule has 32 heavy (non-hydrogen) atoms. The van der Waals surface area contributed by atoms with Crippen molar-refractivity contribution in [3.8, 4) is 0 Å². The van der Waals surface area contributed by atoms with Crippen LogP contribution in [-0.2, 0) is 36.4 Å². The van der Waals surface area contributed by atoms with Crippen LogP contribution in [0, 0.1) is 5.92 Å². The Bertz CT molecular complexity index is 1010. The molecule has 3 aliphatic heterocycles. The third-order valence-corrected chi connectivity index (χ3v) is 8.06. The Labute approximate surface area is 178 Å². The Balaban J connectivity index is 1.63. The van der Waals surface area contributed by atoms with Crippen LogP contribution < -0.4 is 5.73 Å². The molecule has 180 valence electrons. The number of phosphoric acid groups is 3. The van der Waals surface area contributed by atoms with Crippen molar-refractivity contribution in [2.45, 2.75) is 24.8 Å². The van der Waals surface area contributed by atoms with Crippen molar-refractivity contribution in [1.82, 2.24) is 4.90 Å². The predicted molar refractivity (Wildman–Crippen MR) is 102 cm³/mol. The molecule has 0 bridgehead atoms. The highest BCUT2D eigenvalue weighted by Gasteiger charge is 2.46. The minimum atomic E-state index is -5.66. The van der Waals surface area contributed by atoms with Gasteiger partial charge in [-0.2, -0.15) is 18.6 Å². The first-order valence-corrected chi connectivity index (χ1v) is 13.0. The van der Waals surface area contributed by atoms with E-state index in [0.717, 1.165) is 0 Å². The van der Waals surface area contributed by atoms with E-state index in [2.05, 4.69) is 28.1 Å². The zero-order chi connectivity index (χ0) is 23.9. The molecule has 1 fully saturated rings. The SMILES string of the molecule is NC1=NC(=O)C2N=CN([C@H]3C[C@H](CO)[C@@H](COP(=O)(O)OP(=O)(O)OP(=O)(O)O)O3)C2=N1. The third-order valence-electron chi connectivity index (χ3n) is 4.26. The second-order valence-electron chi connectivity index (χ2n) is 6.55. The van der Waals surface area contributed by atoms with Gasteiger partial charge in [0.1, 0.15) is 6.23 Å². The van der Waals surface area contributed by atoms with Crippen molar-refractivity contribution in [2.75, 3.05) is 13.2 Å². The maximum absolute atomic E-state index is 11.9. The zero-order valence-corrected chi connectivity index (χ0v) is 18.4. The van der Waals surface area contributed by atoms with Gasteiger partial charge < -0.3 is 35.2 Å². The average Bonchev–Trinajstić information content (AvgIpc) is 3.20. The Morgan fingerprint density at radius 2 is 1.84 bits per heavy atom. The number of amides is 1. The molecule has 0 aromatic rings. The summed E-state index contributed by atoms with van der Waals surface area (Å²) in [5.74, 6) is -1.44. The van der Waals surface area contributed by atoms with Crippen LogP contribution in [-0.4, -0.2) is 85.2 Å². The van der Waals surface area contributed by atoms with Crippen molar-refractivity contribution in [3.05, 3.63) is 0 Å². The molecule has 3 heterocycles. The number of nitrogens with zero attached hydrogens (tertiary/aromatic N) is 4. The van der Waals surface area contributed by atoms with Crippen LogP contribution in [0.25, 0.3) is 0 Å². The number of hydrogen-bond donors (Lipinski definition) is 6. The fraction of sp³-hybridized carbons (Fsp3) is 0.636. The summed E-state index contributed by atoms with van der Waals surface area (Å²) in [6.45, 7) is -1.20. The van der Waals surface area contributed by atoms with E-state index < -0.39 is 66.9 Å². The van der Waals surface area contributed by atoms with Crippen LogP contribution in [0.5, 0.6) is 0 Å². The van der Waals surface area contributed by atoms with E-state index in [0.29, 0.717) is 0 Å². The summed E-state index contributed by atoms with van der Waals surface area (Å²) >= 11 is 0. The van der Waals surface area contributed by atoms with Gasteiger partial charge in [-0.3, -0.25) is 19.2 Å². The minimum Gasteiger partial charge on any atom is -0.396 e. The molecule has 0 spiro atoms. The predicted octanol–water partition coefficient (Wildman–Crippen LogP) is -1.98. The fourth-order valence-electron chi connectivity index (χ4n) is 3.03. The van der Waals surface area contributed by atoms with Gasteiger partial charge in [-0.15, -0.1) is 0 Å². The van der Waals surface area contributed by atoms with Crippen LogP contribution in [0.15, 0.2) is 15.0 Å². The summed E-state index contributed by atoms with van der Waals surface area (Å²) in [7, 11) is -16.5. The van der Waals surface area contributed by atoms with Crippen LogP contribution in [0.1, 0.15) is 6.42 Å². The lowest BCUT2D eigenvalue weighted by Crippen LogP contribution is -2.44. The summed E-state index contributed by atoms with van der Waals surface area (Å²) in [4.78, 5) is 60.5. The largest absolute Gasteiger partial charge is 0.490 e. The van der Waals surface area contributed by atoms with E-state index in [1.54, 1.807) is 0 Å². The highest BCUT2D eigenvalue weighted by molar-refractivity contribution is 7.66. The van der Waals surface area contributed by atoms with Gasteiger partial charge >= 0.3 is 23.5 Å². The molecule has 3 unspecified atom stereocenters. The topological polar surface area (TPSA) is 273 Å². The van der Waals surface area contributed by atoms with Crippen molar-refractivity contribution in [2.24, 2.45) is 26.6 Å². The Hall–Kier alpha value is -1.39. The van der Waals surface area contributed by atoms with E-state index in [1.165, 1.54) is 11.2 Å². The second-order valence-corrected chi connectivity index (χ2v) is 11.0. The van der Waals surface area contributed by atoms with E-state index in [-0.39, 0.29) is 18.2 Å². The number of carbonyl (C=O) groups excluding carboxylic acids is 1. The van der Waals surface area contributed by atoms with Crippen LogP contribution in [0.3, 0.4) is 0 Å². The molecule has 0 saturated carbocycles. The number of guanidine groups is 1. The first-order chi connectivity index (χ1) is 14.7. The lowest BCUT2D eigenvalue weighted by molar-refractivity contribution is -0.117. The van der Waals surface area contributed by atoms with E-state index in [1.807, 2.05) is 0 Å². The van der Waals surface area contributed by atoms with Gasteiger partial charge in [0.15, 0.2) is 11.9 Å². The first-order valence-electron chi connectivity index (χ1n) is 8.52. The number of hydrogen-bond acceptors (Lipinski definition) is 13. The van der Waals surface area contributed by atoms with Crippen LogP contribution in [0.2, 0.25) is 0 Å². The maximum Gasteiger partial charge on any atom is 0.490 e. The quantitative estimate of drug-likeness (QED) is 0.179.